The molecule has 1 amide bonds. The van der Waals surface area contributed by atoms with Gasteiger partial charge in [0.2, 0.25) is 0 Å². The van der Waals surface area contributed by atoms with Gasteiger partial charge in [0.25, 0.3) is 5.91 Å². The molecule has 4 heteroatoms. The smallest absolute Gasteiger partial charge is 0.254 e. The molecule has 1 atom stereocenters. The van der Waals surface area contributed by atoms with Crippen molar-refractivity contribution >= 4 is 5.91 Å². The SMILES string of the molecule is Cc1cc(C)c([C@H](C)NC(=O)c2cc(F)ccc2F)cc1C. The quantitative estimate of drug-likeness (QED) is 0.895. The second kappa shape index (κ2) is 6.26. The van der Waals surface area contributed by atoms with E-state index in [1.54, 1.807) is 0 Å². The zero-order valence-corrected chi connectivity index (χ0v) is 13.1. The van der Waals surface area contributed by atoms with Crippen molar-refractivity contribution < 1.29 is 13.6 Å². The zero-order chi connectivity index (χ0) is 16.4. The van der Waals surface area contributed by atoms with E-state index in [0.29, 0.717) is 0 Å². The largest absolute Gasteiger partial charge is 0.345 e. The second-order valence-electron chi connectivity index (χ2n) is 5.61. The Hall–Kier alpha value is -2.23. The molecule has 0 bridgehead atoms. The molecule has 0 radical (unpaired) electrons. The normalized spacial score (nSPS) is 12.1. The molecule has 0 saturated heterocycles. The molecule has 0 aliphatic heterocycles. The number of carbonyl (C=O) groups is 1. The van der Waals surface area contributed by atoms with Crippen LogP contribution in [0.2, 0.25) is 0 Å². The summed E-state index contributed by atoms with van der Waals surface area (Å²) in [5, 5.41) is 2.72. The first-order valence-corrected chi connectivity index (χ1v) is 7.13. The van der Waals surface area contributed by atoms with Crippen molar-refractivity contribution in [2.75, 3.05) is 0 Å². The average Bonchev–Trinajstić information content (AvgIpc) is 2.45. The van der Waals surface area contributed by atoms with Gasteiger partial charge in [-0.05, 0) is 68.1 Å². The van der Waals surface area contributed by atoms with Gasteiger partial charge in [-0.25, -0.2) is 8.78 Å². The van der Waals surface area contributed by atoms with Crippen LogP contribution in [0.3, 0.4) is 0 Å². The van der Waals surface area contributed by atoms with Gasteiger partial charge >= 0.3 is 0 Å². The van der Waals surface area contributed by atoms with Crippen molar-refractivity contribution in [1.82, 2.24) is 5.32 Å². The molecule has 2 aromatic rings. The van der Waals surface area contributed by atoms with E-state index in [2.05, 4.69) is 11.4 Å². The van der Waals surface area contributed by atoms with E-state index in [1.165, 1.54) is 5.56 Å². The molecule has 0 aliphatic carbocycles. The fourth-order valence-corrected chi connectivity index (χ4v) is 2.47. The van der Waals surface area contributed by atoms with Gasteiger partial charge < -0.3 is 5.32 Å². The lowest BCUT2D eigenvalue weighted by Crippen LogP contribution is -2.28. The minimum atomic E-state index is -0.733. The van der Waals surface area contributed by atoms with E-state index in [4.69, 9.17) is 0 Å². The maximum atomic E-state index is 13.6. The van der Waals surface area contributed by atoms with Crippen molar-refractivity contribution in [3.63, 3.8) is 0 Å². The van der Waals surface area contributed by atoms with E-state index in [1.807, 2.05) is 33.8 Å². The molecule has 0 spiro atoms. The first kappa shape index (κ1) is 16.1. The summed E-state index contributed by atoms with van der Waals surface area (Å²) in [5.41, 5.74) is 4.03. The van der Waals surface area contributed by atoms with Gasteiger partial charge in [-0.2, -0.15) is 0 Å². The van der Waals surface area contributed by atoms with Crippen molar-refractivity contribution in [3.8, 4) is 0 Å². The van der Waals surface area contributed by atoms with Gasteiger partial charge in [0.05, 0.1) is 11.6 Å². The molecule has 2 rings (SSSR count). The Kier molecular flexibility index (Phi) is 4.59. The third kappa shape index (κ3) is 3.32. The Balaban J connectivity index is 2.25. The molecular weight excluding hydrogens is 284 g/mol. The molecule has 116 valence electrons. The Morgan fingerprint density at radius 1 is 1.00 bits per heavy atom. The Morgan fingerprint density at radius 2 is 1.64 bits per heavy atom. The predicted molar refractivity (Wildman–Crippen MR) is 82.9 cm³/mol. The van der Waals surface area contributed by atoms with Gasteiger partial charge in [-0.3, -0.25) is 4.79 Å². The molecule has 0 heterocycles. The topological polar surface area (TPSA) is 29.1 Å². The highest BCUT2D eigenvalue weighted by Gasteiger charge is 2.17. The summed E-state index contributed by atoms with van der Waals surface area (Å²) < 4.78 is 26.8. The third-order valence-electron chi connectivity index (χ3n) is 3.87. The molecule has 1 N–H and O–H groups in total. The minimum absolute atomic E-state index is 0.284. The first-order chi connectivity index (χ1) is 10.3. The van der Waals surface area contributed by atoms with E-state index >= 15 is 0 Å². The van der Waals surface area contributed by atoms with Crippen molar-refractivity contribution in [2.45, 2.75) is 33.7 Å². The van der Waals surface area contributed by atoms with Crippen molar-refractivity contribution in [2.24, 2.45) is 0 Å². The molecule has 0 aromatic heterocycles. The zero-order valence-electron chi connectivity index (χ0n) is 13.1. The molecule has 2 aromatic carbocycles. The van der Waals surface area contributed by atoms with Crippen LogP contribution < -0.4 is 5.32 Å². The summed E-state index contributed by atoms with van der Waals surface area (Å²) in [6.07, 6.45) is 0. The van der Waals surface area contributed by atoms with Gasteiger partial charge in [0.1, 0.15) is 11.6 Å². The fourth-order valence-electron chi connectivity index (χ4n) is 2.47. The van der Waals surface area contributed by atoms with E-state index in [0.717, 1.165) is 34.9 Å². The molecule has 0 fully saturated rings. The van der Waals surface area contributed by atoms with E-state index in [9.17, 15) is 13.6 Å². The standard InChI is InChI=1S/C18H19F2NO/c1-10-7-12(3)15(8-11(10)2)13(4)21-18(22)16-9-14(19)5-6-17(16)20/h5-9,13H,1-4H3,(H,21,22)/t13-/m0/s1. The van der Waals surface area contributed by atoms with Crippen LogP contribution in [0.1, 0.15) is 45.6 Å². The van der Waals surface area contributed by atoms with Crippen LogP contribution in [0, 0.1) is 32.4 Å². The van der Waals surface area contributed by atoms with Crippen LogP contribution >= 0.6 is 0 Å². The number of amides is 1. The minimum Gasteiger partial charge on any atom is -0.345 e. The van der Waals surface area contributed by atoms with Gasteiger partial charge in [-0.1, -0.05) is 12.1 Å². The number of benzene rings is 2. The summed E-state index contributed by atoms with van der Waals surface area (Å²) in [7, 11) is 0. The molecule has 0 saturated carbocycles. The predicted octanol–water partition coefficient (Wildman–Crippen LogP) is 4.38. The molecule has 0 unspecified atom stereocenters. The maximum absolute atomic E-state index is 13.6. The number of halogens is 2. The van der Waals surface area contributed by atoms with Crippen LogP contribution in [0.25, 0.3) is 0 Å². The lowest BCUT2D eigenvalue weighted by Gasteiger charge is -2.18. The lowest BCUT2D eigenvalue weighted by molar-refractivity contribution is 0.0935. The molecule has 0 aliphatic rings. The number of hydrogen-bond donors (Lipinski definition) is 1. The number of carbonyl (C=O) groups excluding carboxylic acids is 1. The number of aryl methyl sites for hydroxylation is 3. The van der Waals surface area contributed by atoms with Crippen molar-refractivity contribution in [1.29, 1.82) is 0 Å². The fraction of sp³-hybridized carbons (Fsp3) is 0.278. The molecular formula is C18H19F2NO. The van der Waals surface area contributed by atoms with Gasteiger partial charge in [0, 0.05) is 0 Å². The van der Waals surface area contributed by atoms with Gasteiger partial charge in [-0.15, -0.1) is 0 Å². The summed E-state index contributed by atoms with van der Waals surface area (Å²) >= 11 is 0. The highest BCUT2D eigenvalue weighted by Crippen LogP contribution is 2.22. The van der Waals surface area contributed by atoms with E-state index in [-0.39, 0.29) is 11.6 Å². The number of nitrogens with one attached hydrogen (secondary N) is 1. The maximum Gasteiger partial charge on any atom is 0.254 e. The van der Waals surface area contributed by atoms with E-state index < -0.39 is 17.5 Å². The Labute approximate surface area is 129 Å². The monoisotopic (exact) mass is 303 g/mol. The molecule has 22 heavy (non-hydrogen) atoms. The average molecular weight is 303 g/mol. The first-order valence-electron chi connectivity index (χ1n) is 7.13. The summed E-state index contributed by atoms with van der Waals surface area (Å²) in [6, 6.07) is 6.62. The highest BCUT2D eigenvalue weighted by atomic mass is 19.1. The van der Waals surface area contributed by atoms with Crippen LogP contribution in [0.5, 0.6) is 0 Å². The Bertz CT molecular complexity index is 725. The van der Waals surface area contributed by atoms with Crippen LogP contribution in [0.15, 0.2) is 30.3 Å². The third-order valence-corrected chi connectivity index (χ3v) is 3.87. The summed E-state index contributed by atoms with van der Waals surface area (Å²) in [5.74, 6) is -1.99. The molecule has 2 nitrogen and oxygen atoms in total. The number of rotatable bonds is 3. The Morgan fingerprint density at radius 3 is 2.32 bits per heavy atom. The highest BCUT2D eigenvalue weighted by molar-refractivity contribution is 5.94. The second-order valence-corrected chi connectivity index (χ2v) is 5.61. The summed E-state index contributed by atoms with van der Waals surface area (Å²) in [6.45, 7) is 7.82. The van der Waals surface area contributed by atoms with Crippen molar-refractivity contribution in [3.05, 3.63) is 69.8 Å². The van der Waals surface area contributed by atoms with Crippen LogP contribution in [0.4, 0.5) is 8.78 Å². The van der Waals surface area contributed by atoms with Crippen LogP contribution in [-0.4, -0.2) is 5.91 Å². The summed E-state index contributed by atoms with van der Waals surface area (Å²) in [4.78, 5) is 12.1. The van der Waals surface area contributed by atoms with Crippen LogP contribution in [-0.2, 0) is 0 Å². The van der Waals surface area contributed by atoms with Gasteiger partial charge in [0.15, 0.2) is 0 Å². The lowest BCUT2D eigenvalue weighted by atomic mass is 9.96. The number of hydrogen-bond acceptors (Lipinski definition) is 1.